The largest absolute Gasteiger partial charge is 0.312 e. The van der Waals surface area contributed by atoms with E-state index >= 15 is 0 Å². The van der Waals surface area contributed by atoms with Gasteiger partial charge in [0.25, 0.3) is 0 Å². The van der Waals surface area contributed by atoms with Gasteiger partial charge in [-0.3, -0.25) is 0 Å². The van der Waals surface area contributed by atoms with Gasteiger partial charge in [0.15, 0.2) is 0 Å². The van der Waals surface area contributed by atoms with Crippen molar-refractivity contribution in [3.63, 3.8) is 0 Å². The van der Waals surface area contributed by atoms with Gasteiger partial charge in [0, 0.05) is 18.0 Å². The zero-order valence-corrected chi connectivity index (χ0v) is 9.53. The number of hydrogen-bond donors (Lipinski definition) is 1. The molecule has 0 saturated heterocycles. The molecule has 0 radical (unpaired) electrons. The van der Waals surface area contributed by atoms with Crippen LogP contribution in [-0.2, 0) is 13.0 Å². The third-order valence-electron chi connectivity index (χ3n) is 2.04. The van der Waals surface area contributed by atoms with E-state index in [4.69, 9.17) is 0 Å². The maximum absolute atomic E-state index is 3.44. The highest BCUT2D eigenvalue weighted by molar-refractivity contribution is 7.09. The standard InChI is InChI=1S/C11H13NS2/c1-2-11(14-6-1)3-5-12-8-10-4-7-13-9-10/h1-2,4,6-7,9,12H,3,5,8H2. The van der Waals surface area contributed by atoms with E-state index in [0.717, 1.165) is 19.5 Å². The Balaban J connectivity index is 1.65. The van der Waals surface area contributed by atoms with Crippen molar-refractivity contribution in [3.05, 3.63) is 44.8 Å². The first kappa shape index (κ1) is 9.90. The zero-order valence-electron chi connectivity index (χ0n) is 7.90. The van der Waals surface area contributed by atoms with Crippen LogP contribution in [0.3, 0.4) is 0 Å². The van der Waals surface area contributed by atoms with Crippen LogP contribution in [0.15, 0.2) is 34.3 Å². The molecular weight excluding hydrogens is 210 g/mol. The van der Waals surface area contributed by atoms with E-state index in [1.807, 2.05) is 11.3 Å². The van der Waals surface area contributed by atoms with E-state index in [9.17, 15) is 0 Å². The van der Waals surface area contributed by atoms with Crippen molar-refractivity contribution >= 4 is 22.7 Å². The van der Waals surface area contributed by atoms with Crippen LogP contribution in [0.1, 0.15) is 10.4 Å². The van der Waals surface area contributed by atoms with Crippen LogP contribution >= 0.6 is 22.7 Å². The Labute approximate surface area is 92.4 Å². The number of nitrogens with one attached hydrogen (secondary N) is 1. The lowest BCUT2D eigenvalue weighted by molar-refractivity contribution is 0.692. The van der Waals surface area contributed by atoms with Crippen LogP contribution in [-0.4, -0.2) is 6.54 Å². The van der Waals surface area contributed by atoms with Crippen molar-refractivity contribution in [1.82, 2.24) is 5.32 Å². The molecule has 0 unspecified atom stereocenters. The molecule has 2 rings (SSSR count). The summed E-state index contributed by atoms with van der Waals surface area (Å²) in [4.78, 5) is 1.46. The van der Waals surface area contributed by atoms with Gasteiger partial charge in [0.2, 0.25) is 0 Å². The Kier molecular flexibility index (Phi) is 3.74. The fraction of sp³-hybridized carbons (Fsp3) is 0.273. The molecular formula is C11H13NS2. The van der Waals surface area contributed by atoms with Crippen molar-refractivity contribution in [2.24, 2.45) is 0 Å². The minimum atomic E-state index is 0.995. The van der Waals surface area contributed by atoms with Crippen LogP contribution in [0.25, 0.3) is 0 Å². The van der Waals surface area contributed by atoms with Gasteiger partial charge in [0.1, 0.15) is 0 Å². The second kappa shape index (κ2) is 5.29. The summed E-state index contributed by atoms with van der Waals surface area (Å²) in [7, 11) is 0. The molecule has 2 aromatic rings. The maximum atomic E-state index is 3.44. The van der Waals surface area contributed by atoms with Crippen molar-refractivity contribution in [2.75, 3.05) is 6.54 Å². The molecule has 14 heavy (non-hydrogen) atoms. The molecule has 0 aliphatic carbocycles. The minimum Gasteiger partial charge on any atom is -0.312 e. The zero-order chi connectivity index (χ0) is 9.64. The highest BCUT2D eigenvalue weighted by atomic mass is 32.1. The van der Waals surface area contributed by atoms with Gasteiger partial charge in [-0.2, -0.15) is 11.3 Å². The van der Waals surface area contributed by atoms with Gasteiger partial charge in [-0.15, -0.1) is 11.3 Å². The number of rotatable bonds is 5. The molecule has 0 bridgehead atoms. The fourth-order valence-corrected chi connectivity index (χ4v) is 2.67. The molecule has 1 nitrogen and oxygen atoms in total. The van der Waals surface area contributed by atoms with Gasteiger partial charge in [0.05, 0.1) is 0 Å². The molecule has 0 aromatic carbocycles. The van der Waals surface area contributed by atoms with E-state index in [2.05, 4.69) is 39.7 Å². The first-order valence-corrected chi connectivity index (χ1v) is 6.51. The smallest absolute Gasteiger partial charge is 0.0213 e. The molecule has 1 N–H and O–H groups in total. The average molecular weight is 223 g/mol. The molecule has 3 heteroatoms. The van der Waals surface area contributed by atoms with Gasteiger partial charge in [-0.25, -0.2) is 0 Å². The van der Waals surface area contributed by atoms with Crippen molar-refractivity contribution in [3.8, 4) is 0 Å². The van der Waals surface area contributed by atoms with Gasteiger partial charge in [-0.1, -0.05) is 6.07 Å². The Hall–Kier alpha value is -0.640. The molecule has 74 valence electrons. The summed E-state index contributed by atoms with van der Waals surface area (Å²) in [6.45, 7) is 2.06. The minimum absolute atomic E-state index is 0.995. The molecule has 0 fully saturated rings. The van der Waals surface area contributed by atoms with E-state index in [1.165, 1.54) is 10.4 Å². The highest BCUT2D eigenvalue weighted by Crippen LogP contribution is 2.08. The summed E-state index contributed by atoms with van der Waals surface area (Å²) >= 11 is 3.59. The van der Waals surface area contributed by atoms with Crippen LogP contribution in [0, 0.1) is 0 Å². The second-order valence-corrected chi connectivity index (χ2v) is 4.95. The first-order valence-electron chi connectivity index (χ1n) is 4.69. The molecule has 0 spiro atoms. The second-order valence-electron chi connectivity index (χ2n) is 3.14. The predicted octanol–water partition coefficient (Wildman–Crippen LogP) is 3.14. The topological polar surface area (TPSA) is 12.0 Å². The lowest BCUT2D eigenvalue weighted by atomic mass is 10.3. The van der Waals surface area contributed by atoms with Crippen LogP contribution in [0.5, 0.6) is 0 Å². The van der Waals surface area contributed by atoms with Crippen LogP contribution in [0.4, 0.5) is 0 Å². The molecule has 0 amide bonds. The molecule has 0 aliphatic rings. The molecule has 0 aliphatic heterocycles. The van der Waals surface area contributed by atoms with Crippen molar-refractivity contribution in [2.45, 2.75) is 13.0 Å². The summed E-state index contributed by atoms with van der Waals surface area (Å²) in [6, 6.07) is 6.47. The summed E-state index contributed by atoms with van der Waals surface area (Å²) in [5.74, 6) is 0. The van der Waals surface area contributed by atoms with Crippen LogP contribution in [0.2, 0.25) is 0 Å². The molecule has 2 heterocycles. The summed E-state index contributed by atoms with van der Waals surface area (Å²) in [5.41, 5.74) is 1.39. The first-order chi connectivity index (χ1) is 6.95. The van der Waals surface area contributed by atoms with E-state index in [0.29, 0.717) is 0 Å². The Morgan fingerprint density at radius 3 is 2.93 bits per heavy atom. The monoisotopic (exact) mass is 223 g/mol. The number of hydrogen-bond acceptors (Lipinski definition) is 3. The van der Waals surface area contributed by atoms with Gasteiger partial charge >= 0.3 is 0 Å². The summed E-state index contributed by atoms with van der Waals surface area (Å²) < 4.78 is 0. The third kappa shape index (κ3) is 2.94. The van der Waals surface area contributed by atoms with E-state index in [-0.39, 0.29) is 0 Å². The summed E-state index contributed by atoms with van der Waals surface area (Å²) in [6.07, 6.45) is 1.14. The van der Waals surface area contributed by atoms with Crippen molar-refractivity contribution < 1.29 is 0 Å². The average Bonchev–Trinajstić information content (AvgIpc) is 2.86. The highest BCUT2D eigenvalue weighted by Gasteiger charge is 1.94. The lowest BCUT2D eigenvalue weighted by Gasteiger charge is -2.01. The molecule has 0 atom stereocenters. The quantitative estimate of drug-likeness (QED) is 0.768. The Morgan fingerprint density at radius 1 is 1.21 bits per heavy atom. The van der Waals surface area contributed by atoms with E-state index < -0.39 is 0 Å². The molecule has 0 saturated carbocycles. The summed E-state index contributed by atoms with van der Waals surface area (Å²) in [5, 5.41) is 9.89. The Morgan fingerprint density at radius 2 is 2.21 bits per heavy atom. The van der Waals surface area contributed by atoms with Gasteiger partial charge in [-0.05, 0) is 40.3 Å². The lowest BCUT2D eigenvalue weighted by Crippen LogP contribution is -2.15. The third-order valence-corrected chi connectivity index (χ3v) is 3.71. The SMILES string of the molecule is c1csc(CCNCc2ccsc2)c1. The molecule has 2 aromatic heterocycles. The van der Waals surface area contributed by atoms with Crippen LogP contribution < -0.4 is 5.32 Å². The Bertz CT molecular complexity index is 301. The predicted molar refractivity (Wildman–Crippen MR) is 64.0 cm³/mol. The van der Waals surface area contributed by atoms with E-state index in [1.54, 1.807) is 11.3 Å². The van der Waals surface area contributed by atoms with Crippen molar-refractivity contribution in [1.29, 1.82) is 0 Å². The maximum Gasteiger partial charge on any atom is 0.0213 e. The van der Waals surface area contributed by atoms with Gasteiger partial charge < -0.3 is 5.32 Å². The fourth-order valence-electron chi connectivity index (χ4n) is 1.29. The normalized spacial score (nSPS) is 10.6. The number of thiophene rings is 2.